The quantitative estimate of drug-likeness (QED) is 0.446. The van der Waals surface area contributed by atoms with Gasteiger partial charge in [-0.1, -0.05) is 65.1 Å². The summed E-state index contributed by atoms with van der Waals surface area (Å²) >= 11 is 17.8. The molecule has 0 radical (unpaired) electrons. The van der Waals surface area contributed by atoms with E-state index in [9.17, 15) is 14.4 Å². The molecule has 3 rings (SSSR count). The highest BCUT2D eigenvalue weighted by atomic mass is 35.5. The molecular formula is C23H18Cl3N3O3. The Hall–Kier alpha value is -3.06. The summed E-state index contributed by atoms with van der Waals surface area (Å²) < 4.78 is 0. The average Bonchev–Trinajstić information content (AvgIpc) is 2.79. The number of amides is 3. The molecule has 1 atom stereocenters. The predicted octanol–water partition coefficient (Wildman–Crippen LogP) is 4.45. The number of rotatable bonds is 6. The van der Waals surface area contributed by atoms with Gasteiger partial charge in [-0.25, -0.2) is 0 Å². The molecule has 9 heteroatoms. The monoisotopic (exact) mass is 489 g/mol. The molecule has 0 heterocycles. The molecule has 0 fully saturated rings. The zero-order valence-electron chi connectivity index (χ0n) is 16.6. The molecule has 164 valence electrons. The number of hydrogen-bond acceptors (Lipinski definition) is 3. The van der Waals surface area contributed by atoms with Gasteiger partial charge in [0, 0.05) is 22.0 Å². The Morgan fingerprint density at radius 3 is 2.09 bits per heavy atom. The minimum Gasteiger partial charge on any atom is -0.340 e. The second-order valence-electron chi connectivity index (χ2n) is 6.79. The molecule has 0 bridgehead atoms. The van der Waals surface area contributed by atoms with Crippen LogP contribution in [0.3, 0.4) is 0 Å². The van der Waals surface area contributed by atoms with Gasteiger partial charge >= 0.3 is 0 Å². The zero-order chi connectivity index (χ0) is 23.1. The standard InChI is InChI=1S/C23H18Cl3N3O3/c24-16-8-6-15(7-9-16)21(30)27-20(12-14-4-2-1-3-5-14)23(32)29-28-22(31)18-13-17(25)10-11-19(18)26/h1-11,13,20H,12H2,(H,27,30)(H,28,31)(H,29,32). The fourth-order valence-corrected chi connectivity index (χ4v) is 3.35. The zero-order valence-corrected chi connectivity index (χ0v) is 18.8. The lowest BCUT2D eigenvalue weighted by molar-refractivity contribution is -0.123. The summed E-state index contributed by atoms with van der Waals surface area (Å²) in [6.07, 6.45) is 0.208. The van der Waals surface area contributed by atoms with Crippen LogP contribution in [0.25, 0.3) is 0 Å². The van der Waals surface area contributed by atoms with Crippen LogP contribution in [0, 0.1) is 0 Å². The van der Waals surface area contributed by atoms with Crippen molar-refractivity contribution in [3.05, 3.63) is 105 Å². The van der Waals surface area contributed by atoms with Gasteiger partial charge in [0.25, 0.3) is 17.7 Å². The van der Waals surface area contributed by atoms with Gasteiger partial charge in [0.15, 0.2) is 0 Å². The van der Waals surface area contributed by atoms with Crippen LogP contribution in [0.4, 0.5) is 0 Å². The Balaban J connectivity index is 1.72. The van der Waals surface area contributed by atoms with Crippen molar-refractivity contribution in [2.45, 2.75) is 12.5 Å². The lowest BCUT2D eigenvalue weighted by Crippen LogP contribution is -2.53. The van der Waals surface area contributed by atoms with E-state index in [4.69, 9.17) is 34.8 Å². The molecule has 3 N–H and O–H groups in total. The molecule has 3 aromatic rings. The second kappa shape index (κ2) is 11.0. The second-order valence-corrected chi connectivity index (χ2v) is 8.07. The average molecular weight is 491 g/mol. The summed E-state index contributed by atoms with van der Waals surface area (Å²) in [6, 6.07) is 18.9. The van der Waals surface area contributed by atoms with Crippen LogP contribution in [-0.4, -0.2) is 23.8 Å². The summed E-state index contributed by atoms with van der Waals surface area (Å²) in [5.74, 6) is -1.71. The predicted molar refractivity (Wildman–Crippen MR) is 125 cm³/mol. The van der Waals surface area contributed by atoms with Crippen molar-refractivity contribution in [2.24, 2.45) is 0 Å². The molecule has 3 aromatic carbocycles. The summed E-state index contributed by atoms with van der Waals surface area (Å²) in [7, 11) is 0. The lowest BCUT2D eigenvalue weighted by atomic mass is 10.0. The largest absolute Gasteiger partial charge is 0.340 e. The van der Waals surface area contributed by atoms with Crippen LogP contribution in [-0.2, 0) is 11.2 Å². The molecule has 0 aromatic heterocycles. The van der Waals surface area contributed by atoms with Crippen molar-refractivity contribution in [3.63, 3.8) is 0 Å². The molecule has 0 saturated carbocycles. The maximum Gasteiger partial charge on any atom is 0.271 e. The van der Waals surface area contributed by atoms with Crippen molar-refractivity contribution in [1.82, 2.24) is 16.2 Å². The number of carbonyl (C=O) groups is 3. The van der Waals surface area contributed by atoms with E-state index in [0.29, 0.717) is 15.6 Å². The van der Waals surface area contributed by atoms with E-state index in [2.05, 4.69) is 16.2 Å². The maximum absolute atomic E-state index is 12.8. The van der Waals surface area contributed by atoms with Gasteiger partial charge in [0.2, 0.25) is 0 Å². The Labute approximate surface area is 199 Å². The fourth-order valence-electron chi connectivity index (χ4n) is 2.85. The van der Waals surface area contributed by atoms with Crippen molar-refractivity contribution < 1.29 is 14.4 Å². The lowest BCUT2D eigenvalue weighted by Gasteiger charge is -2.19. The normalized spacial score (nSPS) is 11.3. The Kier molecular flexibility index (Phi) is 8.11. The molecule has 1 unspecified atom stereocenters. The Bertz CT molecular complexity index is 1120. The van der Waals surface area contributed by atoms with E-state index < -0.39 is 23.8 Å². The van der Waals surface area contributed by atoms with Gasteiger partial charge < -0.3 is 5.32 Å². The minimum absolute atomic E-state index is 0.101. The van der Waals surface area contributed by atoms with Crippen LogP contribution in [0.2, 0.25) is 15.1 Å². The molecule has 0 aliphatic carbocycles. The van der Waals surface area contributed by atoms with Gasteiger partial charge in [-0.2, -0.15) is 0 Å². The summed E-state index contributed by atoms with van der Waals surface area (Å²) in [5, 5.41) is 3.68. The number of benzene rings is 3. The van der Waals surface area contributed by atoms with Crippen LogP contribution < -0.4 is 16.2 Å². The topological polar surface area (TPSA) is 87.3 Å². The van der Waals surface area contributed by atoms with Gasteiger partial charge in [-0.3, -0.25) is 25.2 Å². The molecule has 6 nitrogen and oxygen atoms in total. The Morgan fingerprint density at radius 1 is 0.750 bits per heavy atom. The third-order valence-electron chi connectivity index (χ3n) is 4.48. The Morgan fingerprint density at radius 2 is 1.41 bits per heavy atom. The third kappa shape index (κ3) is 6.47. The molecule has 0 aliphatic rings. The molecule has 0 spiro atoms. The molecule has 3 amide bonds. The van der Waals surface area contributed by atoms with Crippen LogP contribution in [0.15, 0.2) is 72.8 Å². The van der Waals surface area contributed by atoms with Crippen LogP contribution >= 0.6 is 34.8 Å². The van der Waals surface area contributed by atoms with E-state index in [0.717, 1.165) is 5.56 Å². The van der Waals surface area contributed by atoms with Crippen LogP contribution in [0.5, 0.6) is 0 Å². The first-order valence-electron chi connectivity index (χ1n) is 9.49. The smallest absolute Gasteiger partial charge is 0.271 e. The highest BCUT2D eigenvalue weighted by Gasteiger charge is 2.23. The number of hydrazine groups is 1. The maximum atomic E-state index is 12.8. The summed E-state index contributed by atoms with van der Waals surface area (Å²) in [6.45, 7) is 0. The molecule has 0 aliphatic heterocycles. The summed E-state index contributed by atoms with van der Waals surface area (Å²) in [5.41, 5.74) is 5.91. The number of nitrogens with one attached hydrogen (secondary N) is 3. The van der Waals surface area contributed by atoms with Crippen molar-refractivity contribution in [2.75, 3.05) is 0 Å². The first kappa shape index (κ1) is 23.6. The number of hydrogen-bond donors (Lipinski definition) is 3. The van der Waals surface area contributed by atoms with Gasteiger partial charge in [0.05, 0.1) is 10.6 Å². The van der Waals surface area contributed by atoms with Gasteiger partial charge in [-0.05, 0) is 48.0 Å². The van der Waals surface area contributed by atoms with Crippen molar-refractivity contribution in [1.29, 1.82) is 0 Å². The molecule has 32 heavy (non-hydrogen) atoms. The summed E-state index contributed by atoms with van der Waals surface area (Å²) in [4.78, 5) is 37.9. The van der Waals surface area contributed by atoms with Gasteiger partial charge in [0.1, 0.15) is 6.04 Å². The first-order chi connectivity index (χ1) is 15.3. The fraction of sp³-hybridized carbons (Fsp3) is 0.0870. The highest BCUT2D eigenvalue weighted by Crippen LogP contribution is 2.20. The van der Waals surface area contributed by atoms with E-state index in [-0.39, 0.29) is 17.0 Å². The van der Waals surface area contributed by atoms with Gasteiger partial charge in [-0.15, -0.1) is 0 Å². The van der Waals surface area contributed by atoms with Crippen molar-refractivity contribution >= 4 is 52.5 Å². The van der Waals surface area contributed by atoms with E-state index >= 15 is 0 Å². The minimum atomic E-state index is -0.962. The van der Waals surface area contributed by atoms with Crippen LogP contribution in [0.1, 0.15) is 26.3 Å². The van der Waals surface area contributed by atoms with E-state index in [1.807, 2.05) is 30.3 Å². The van der Waals surface area contributed by atoms with E-state index in [1.165, 1.54) is 12.1 Å². The molecule has 0 saturated heterocycles. The SMILES string of the molecule is O=C(NC(Cc1ccccc1)C(=O)NNC(=O)c1cc(Cl)ccc1Cl)c1ccc(Cl)cc1. The number of halogens is 3. The number of carbonyl (C=O) groups excluding carboxylic acids is 3. The first-order valence-corrected chi connectivity index (χ1v) is 10.6. The molecular weight excluding hydrogens is 473 g/mol. The third-order valence-corrected chi connectivity index (χ3v) is 5.30. The van der Waals surface area contributed by atoms with E-state index in [1.54, 1.807) is 30.3 Å². The van der Waals surface area contributed by atoms with Crippen molar-refractivity contribution in [3.8, 4) is 0 Å². The highest BCUT2D eigenvalue weighted by molar-refractivity contribution is 6.35.